The fraction of sp³-hybridized carbons (Fsp3) is 0.167. The Balaban J connectivity index is 1.87. The molecule has 1 aromatic heterocycles. The summed E-state index contributed by atoms with van der Waals surface area (Å²) in [5.74, 6) is 0.679. The van der Waals surface area contributed by atoms with Crippen LogP contribution in [0.2, 0.25) is 0 Å². The summed E-state index contributed by atoms with van der Waals surface area (Å²) in [5.41, 5.74) is -0.0152. The molecule has 22 heavy (non-hydrogen) atoms. The van der Waals surface area contributed by atoms with Crippen LogP contribution in [0.3, 0.4) is 0 Å². The van der Waals surface area contributed by atoms with Gasteiger partial charge in [-0.15, -0.1) is 11.8 Å². The van der Waals surface area contributed by atoms with Crippen molar-refractivity contribution in [1.29, 1.82) is 0 Å². The predicted molar refractivity (Wildman–Crippen MR) is 91.4 cm³/mol. The lowest BCUT2D eigenvalue weighted by Gasteiger charge is -2.18. The fourth-order valence-electron chi connectivity index (χ4n) is 2.38. The predicted octanol–water partition coefficient (Wildman–Crippen LogP) is 3.94. The van der Waals surface area contributed by atoms with E-state index in [-0.39, 0.29) is 11.8 Å². The van der Waals surface area contributed by atoms with Gasteiger partial charge in [0, 0.05) is 29.3 Å². The first-order chi connectivity index (χ1) is 10.8. The van der Waals surface area contributed by atoms with Crippen LogP contribution in [0.1, 0.15) is 6.23 Å². The van der Waals surface area contributed by atoms with Crippen molar-refractivity contribution in [2.24, 2.45) is 0 Å². The average molecular weight is 311 g/mol. The molecule has 0 aliphatic heterocycles. The molecule has 4 heteroatoms. The number of aromatic nitrogens is 1. The maximum absolute atomic E-state index is 12.6. The molecule has 0 saturated heterocycles. The quantitative estimate of drug-likeness (QED) is 0.669. The topological polar surface area (TPSA) is 31.2 Å². The Morgan fingerprint density at radius 1 is 1.05 bits per heavy atom. The Hall–Kier alpha value is -2.04. The van der Waals surface area contributed by atoms with Crippen molar-refractivity contribution in [3.8, 4) is 0 Å². The number of fused-ring (bicyclic) bond motifs is 1. The van der Waals surface area contributed by atoms with E-state index in [2.05, 4.69) is 12.1 Å². The summed E-state index contributed by atoms with van der Waals surface area (Å²) in [6.07, 6.45) is 1.52. The van der Waals surface area contributed by atoms with E-state index in [9.17, 15) is 4.79 Å². The van der Waals surface area contributed by atoms with E-state index < -0.39 is 0 Å². The highest BCUT2D eigenvalue weighted by Crippen LogP contribution is 2.23. The summed E-state index contributed by atoms with van der Waals surface area (Å²) in [5, 5.41) is 1.67. The molecular formula is C18H17NO2S. The van der Waals surface area contributed by atoms with Gasteiger partial charge in [-0.2, -0.15) is 0 Å². The number of benzene rings is 2. The second-order valence-corrected chi connectivity index (χ2v) is 6.02. The first-order valence-corrected chi connectivity index (χ1v) is 8.08. The summed E-state index contributed by atoms with van der Waals surface area (Å²) in [6, 6.07) is 19.7. The summed E-state index contributed by atoms with van der Waals surface area (Å²) >= 11 is 1.68. The number of hydrogen-bond acceptors (Lipinski definition) is 3. The molecule has 3 aromatic rings. The Morgan fingerprint density at radius 2 is 1.77 bits per heavy atom. The number of thioether (sulfide) groups is 1. The van der Waals surface area contributed by atoms with Gasteiger partial charge in [0.25, 0.3) is 5.56 Å². The molecule has 0 radical (unpaired) electrons. The molecule has 2 aromatic carbocycles. The van der Waals surface area contributed by atoms with Crippen LogP contribution in [-0.2, 0) is 4.74 Å². The van der Waals surface area contributed by atoms with Gasteiger partial charge in [0.15, 0.2) is 0 Å². The van der Waals surface area contributed by atoms with Gasteiger partial charge in [-0.3, -0.25) is 9.36 Å². The van der Waals surface area contributed by atoms with Crippen LogP contribution in [0.5, 0.6) is 0 Å². The fourth-order valence-corrected chi connectivity index (χ4v) is 3.36. The van der Waals surface area contributed by atoms with E-state index in [4.69, 9.17) is 4.74 Å². The highest BCUT2D eigenvalue weighted by Gasteiger charge is 2.13. The SMILES string of the molecule is COC(CSc1ccccc1)n1ccc2ccccc2c1=O. The van der Waals surface area contributed by atoms with Crippen molar-refractivity contribution in [2.75, 3.05) is 12.9 Å². The van der Waals surface area contributed by atoms with Crippen LogP contribution >= 0.6 is 11.8 Å². The Bertz CT molecular complexity index is 814. The lowest BCUT2D eigenvalue weighted by atomic mass is 10.2. The van der Waals surface area contributed by atoms with Gasteiger partial charge in [-0.05, 0) is 29.7 Å². The summed E-state index contributed by atoms with van der Waals surface area (Å²) in [6.45, 7) is 0. The standard InChI is InChI=1S/C18H17NO2S/c1-21-17(13-22-15-8-3-2-4-9-15)19-12-11-14-7-5-6-10-16(14)18(19)20/h2-12,17H,13H2,1H3. The van der Waals surface area contributed by atoms with Crippen molar-refractivity contribution in [2.45, 2.75) is 11.1 Å². The summed E-state index contributed by atoms with van der Waals surface area (Å²) < 4.78 is 7.19. The van der Waals surface area contributed by atoms with Crippen LogP contribution in [0.15, 0.2) is 76.6 Å². The third-order valence-corrected chi connectivity index (χ3v) is 4.62. The molecule has 3 nitrogen and oxygen atoms in total. The highest BCUT2D eigenvalue weighted by atomic mass is 32.2. The molecule has 0 saturated carbocycles. The van der Waals surface area contributed by atoms with Crippen molar-refractivity contribution in [3.05, 3.63) is 77.2 Å². The number of nitrogens with zero attached hydrogens (tertiary/aromatic N) is 1. The van der Waals surface area contributed by atoms with E-state index in [1.54, 1.807) is 23.4 Å². The number of rotatable bonds is 5. The second-order valence-electron chi connectivity index (χ2n) is 4.93. The number of hydrogen-bond donors (Lipinski definition) is 0. The molecular weight excluding hydrogens is 294 g/mol. The van der Waals surface area contributed by atoms with Gasteiger partial charge in [0.05, 0.1) is 0 Å². The third kappa shape index (κ3) is 3.08. The van der Waals surface area contributed by atoms with Crippen LogP contribution in [0.4, 0.5) is 0 Å². The van der Waals surface area contributed by atoms with Crippen molar-refractivity contribution in [3.63, 3.8) is 0 Å². The largest absolute Gasteiger partial charge is 0.360 e. The molecule has 0 fully saturated rings. The molecule has 0 bridgehead atoms. The normalized spacial score (nSPS) is 12.4. The molecule has 0 aliphatic rings. The zero-order valence-electron chi connectivity index (χ0n) is 12.3. The smallest absolute Gasteiger partial charge is 0.260 e. The van der Waals surface area contributed by atoms with Crippen molar-refractivity contribution in [1.82, 2.24) is 4.57 Å². The highest BCUT2D eigenvalue weighted by molar-refractivity contribution is 7.99. The zero-order valence-corrected chi connectivity index (χ0v) is 13.1. The van der Waals surface area contributed by atoms with Gasteiger partial charge in [-0.25, -0.2) is 0 Å². The van der Waals surface area contributed by atoms with Gasteiger partial charge in [0.1, 0.15) is 6.23 Å². The van der Waals surface area contributed by atoms with Crippen LogP contribution in [0, 0.1) is 0 Å². The van der Waals surface area contributed by atoms with E-state index in [0.29, 0.717) is 5.75 Å². The zero-order chi connectivity index (χ0) is 15.4. The monoisotopic (exact) mass is 311 g/mol. The number of methoxy groups -OCH3 is 1. The maximum Gasteiger partial charge on any atom is 0.260 e. The van der Waals surface area contributed by atoms with Gasteiger partial charge >= 0.3 is 0 Å². The first kappa shape index (κ1) is 14.9. The van der Waals surface area contributed by atoms with E-state index in [0.717, 1.165) is 10.8 Å². The molecule has 1 atom stereocenters. The number of ether oxygens (including phenoxy) is 1. The molecule has 1 heterocycles. The molecule has 1 unspecified atom stereocenters. The van der Waals surface area contributed by atoms with Gasteiger partial charge in [-0.1, -0.05) is 36.4 Å². The van der Waals surface area contributed by atoms with E-state index in [1.807, 2.05) is 54.7 Å². The average Bonchev–Trinajstić information content (AvgIpc) is 2.58. The Labute approximate surface area is 133 Å². The van der Waals surface area contributed by atoms with E-state index in [1.165, 1.54) is 4.90 Å². The van der Waals surface area contributed by atoms with Crippen LogP contribution in [-0.4, -0.2) is 17.4 Å². The Kier molecular flexibility index (Phi) is 4.61. The summed E-state index contributed by atoms with van der Waals surface area (Å²) in [4.78, 5) is 13.8. The minimum atomic E-state index is -0.290. The third-order valence-electron chi connectivity index (χ3n) is 3.56. The molecule has 0 amide bonds. The molecule has 0 N–H and O–H groups in total. The van der Waals surface area contributed by atoms with E-state index >= 15 is 0 Å². The molecule has 112 valence electrons. The minimum Gasteiger partial charge on any atom is -0.360 e. The lowest BCUT2D eigenvalue weighted by Crippen LogP contribution is -2.26. The molecule has 0 spiro atoms. The van der Waals surface area contributed by atoms with Crippen molar-refractivity contribution >= 4 is 22.5 Å². The van der Waals surface area contributed by atoms with Crippen molar-refractivity contribution < 1.29 is 4.74 Å². The first-order valence-electron chi connectivity index (χ1n) is 7.10. The van der Waals surface area contributed by atoms with Crippen LogP contribution < -0.4 is 5.56 Å². The second kappa shape index (κ2) is 6.81. The van der Waals surface area contributed by atoms with Gasteiger partial charge in [0.2, 0.25) is 0 Å². The number of pyridine rings is 1. The Morgan fingerprint density at radius 3 is 2.55 bits per heavy atom. The minimum absolute atomic E-state index is 0.0152. The summed E-state index contributed by atoms with van der Waals surface area (Å²) in [7, 11) is 1.64. The van der Waals surface area contributed by atoms with Crippen LogP contribution in [0.25, 0.3) is 10.8 Å². The van der Waals surface area contributed by atoms with Gasteiger partial charge < -0.3 is 4.74 Å². The lowest BCUT2D eigenvalue weighted by molar-refractivity contribution is 0.0621. The molecule has 0 aliphatic carbocycles. The maximum atomic E-state index is 12.6. The molecule has 3 rings (SSSR count).